The van der Waals surface area contributed by atoms with Crippen LogP contribution in [-0.4, -0.2) is 41.4 Å². The van der Waals surface area contributed by atoms with Crippen LogP contribution in [0.4, 0.5) is 0 Å². The van der Waals surface area contributed by atoms with Crippen molar-refractivity contribution in [2.24, 2.45) is 0 Å². The van der Waals surface area contributed by atoms with E-state index in [9.17, 15) is 4.79 Å². The molecule has 1 aliphatic rings. The molecule has 0 amide bonds. The molecule has 94 valence electrons. The Bertz CT molecular complexity index is 370. The minimum atomic E-state index is 0.0393. The molecule has 0 bridgehead atoms. The smallest absolute Gasteiger partial charge is 0.140 e. The fourth-order valence-corrected chi connectivity index (χ4v) is 1.98. The molecule has 1 aromatic heterocycles. The Morgan fingerprint density at radius 1 is 1.71 bits per heavy atom. The third-order valence-corrected chi connectivity index (χ3v) is 2.87. The Balaban J connectivity index is 1.79. The van der Waals surface area contributed by atoms with Gasteiger partial charge in [0, 0.05) is 38.7 Å². The van der Waals surface area contributed by atoms with E-state index < -0.39 is 0 Å². The van der Waals surface area contributed by atoms with Crippen molar-refractivity contribution in [2.75, 3.05) is 19.7 Å². The molecule has 2 heterocycles. The lowest BCUT2D eigenvalue weighted by Crippen LogP contribution is -2.39. The van der Waals surface area contributed by atoms with Crippen LogP contribution >= 0.6 is 0 Å². The maximum atomic E-state index is 11.8. The van der Waals surface area contributed by atoms with Crippen LogP contribution in [0.5, 0.6) is 0 Å². The predicted octanol–water partition coefficient (Wildman–Crippen LogP) is 0.393. The number of carbonyl (C=O) groups is 1. The van der Waals surface area contributed by atoms with Crippen molar-refractivity contribution in [1.29, 1.82) is 0 Å². The Hall–Kier alpha value is -1.20. The average molecular weight is 237 g/mol. The molecule has 0 radical (unpaired) electrons. The molecule has 1 fully saturated rings. The summed E-state index contributed by atoms with van der Waals surface area (Å²) in [6, 6.07) is 0. The quantitative estimate of drug-likeness (QED) is 0.805. The molecule has 1 N–H and O–H groups in total. The Labute approximate surface area is 101 Å². The summed E-state index contributed by atoms with van der Waals surface area (Å²) in [5.74, 6) is 0.217. The van der Waals surface area contributed by atoms with Gasteiger partial charge in [-0.3, -0.25) is 9.48 Å². The highest BCUT2D eigenvalue weighted by molar-refractivity contribution is 5.81. The van der Waals surface area contributed by atoms with Gasteiger partial charge in [-0.15, -0.1) is 0 Å². The Kier molecular flexibility index (Phi) is 4.28. The number of morpholine rings is 1. The molecular formula is C12H19N3O2. The first-order chi connectivity index (χ1) is 8.28. The number of hydrogen-bond acceptors (Lipinski definition) is 4. The maximum Gasteiger partial charge on any atom is 0.140 e. The fraction of sp³-hybridized carbons (Fsp3) is 0.667. The van der Waals surface area contributed by atoms with E-state index in [4.69, 9.17) is 4.74 Å². The lowest BCUT2D eigenvalue weighted by atomic mass is 10.1. The highest BCUT2D eigenvalue weighted by Gasteiger charge is 2.17. The van der Waals surface area contributed by atoms with Gasteiger partial charge in [0.25, 0.3) is 0 Å². The van der Waals surface area contributed by atoms with Gasteiger partial charge in [0.2, 0.25) is 0 Å². The largest absolute Gasteiger partial charge is 0.375 e. The minimum Gasteiger partial charge on any atom is -0.375 e. The normalized spacial score (nSPS) is 20.4. The second kappa shape index (κ2) is 5.93. The highest BCUT2D eigenvalue weighted by atomic mass is 16.5. The fourth-order valence-electron chi connectivity index (χ4n) is 1.98. The summed E-state index contributed by atoms with van der Waals surface area (Å²) in [6.45, 7) is 5.23. The van der Waals surface area contributed by atoms with E-state index in [1.165, 1.54) is 0 Å². The summed E-state index contributed by atoms with van der Waals surface area (Å²) < 4.78 is 7.34. The number of carbonyl (C=O) groups excluding carboxylic acids is 1. The van der Waals surface area contributed by atoms with E-state index in [-0.39, 0.29) is 11.9 Å². The van der Waals surface area contributed by atoms with E-state index >= 15 is 0 Å². The second-order valence-electron chi connectivity index (χ2n) is 4.32. The molecule has 0 saturated carbocycles. The van der Waals surface area contributed by atoms with Gasteiger partial charge in [-0.1, -0.05) is 0 Å². The predicted molar refractivity (Wildman–Crippen MR) is 63.8 cm³/mol. The molecule has 1 aromatic rings. The Morgan fingerprint density at radius 2 is 2.59 bits per heavy atom. The van der Waals surface area contributed by atoms with Gasteiger partial charge in [-0.25, -0.2) is 0 Å². The molecule has 1 saturated heterocycles. The van der Waals surface area contributed by atoms with E-state index in [2.05, 4.69) is 10.4 Å². The first-order valence-corrected chi connectivity index (χ1v) is 6.13. The molecule has 1 unspecified atom stereocenters. The third kappa shape index (κ3) is 3.64. The summed E-state index contributed by atoms with van der Waals surface area (Å²) in [5, 5.41) is 7.38. The number of rotatable bonds is 5. The number of nitrogens with one attached hydrogen (secondary N) is 1. The number of ketones is 1. The highest BCUT2D eigenvalue weighted by Crippen LogP contribution is 2.07. The van der Waals surface area contributed by atoms with Crippen LogP contribution in [0.1, 0.15) is 18.9 Å². The number of hydrogen-bond donors (Lipinski definition) is 1. The third-order valence-electron chi connectivity index (χ3n) is 2.87. The summed E-state index contributed by atoms with van der Waals surface area (Å²) in [6.07, 6.45) is 4.68. The minimum absolute atomic E-state index is 0.0393. The molecule has 1 atom stereocenters. The van der Waals surface area contributed by atoms with Gasteiger partial charge in [0.1, 0.15) is 5.78 Å². The number of Topliss-reactive ketones (excluding diaryl/α,β-unsaturated/α-hetero) is 1. The molecule has 0 aromatic carbocycles. The average Bonchev–Trinajstić information content (AvgIpc) is 2.78. The molecule has 0 spiro atoms. The van der Waals surface area contributed by atoms with Gasteiger partial charge >= 0.3 is 0 Å². The van der Waals surface area contributed by atoms with Crippen LogP contribution in [0.2, 0.25) is 0 Å². The van der Waals surface area contributed by atoms with E-state index in [1.807, 2.05) is 17.8 Å². The van der Waals surface area contributed by atoms with Gasteiger partial charge in [0.05, 0.1) is 18.9 Å². The second-order valence-corrected chi connectivity index (χ2v) is 4.32. The SMILES string of the molecule is CCn1cc(CC(=O)CC2CNCCO2)cn1. The lowest BCUT2D eigenvalue weighted by Gasteiger charge is -2.22. The van der Waals surface area contributed by atoms with E-state index in [1.54, 1.807) is 6.20 Å². The number of nitrogens with zero attached hydrogens (tertiary/aromatic N) is 2. The van der Waals surface area contributed by atoms with Crippen molar-refractivity contribution in [3.05, 3.63) is 18.0 Å². The van der Waals surface area contributed by atoms with Crippen molar-refractivity contribution in [3.63, 3.8) is 0 Å². The zero-order chi connectivity index (χ0) is 12.1. The summed E-state index contributed by atoms with van der Waals surface area (Å²) in [4.78, 5) is 11.8. The van der Waals surface area contributed by atoms with Crippen molar-refractivity contribution in [1.82, 2.24) is 15.1 Å². The van der Waals surface area contributed by atoms with Crippen molar-refractivity contribution in [2.45, 2.75) is 32.4 Å². The van der Waals surface area contributed by atoms with Crippen LogP contribution in [0.3, 0.4) is 0 Å². The standard InChI is InChI=1S/C12H19N3O2/c1-2-15-9-10(7-14-15)5-11(16)6-12-8-13-3-4-17-12/h7,9,12-13H,2-6,8H2,1H3. The molecule has 5 heteroatoms. The van der Waals surface area contributed by atoms with Crippen molar-refractivity contribution >= 4 is 5.78 Å². The van der Waals surface area contributed by atoms with Crippen LogP contribution in [0.15, 0.2) is 12.4 Å². The van der Waals surface area contributed by atoms with Crippen LogP contribution < -0.4 is 5.32 Å². The van der Waals surface area contributed by atoms with Gasteiger partial charge in [0.15, 0.2) is 0 Å². The van der Waals surface area contributed by atoms with Crippen molar-refractivity contribution in [3.8, 4) is 0 Å². The lowest BCUT2D eigenvalue weighted by molar-refractivity contribution is -0.121. The molecule has 2 rings (SSSR count). The van der Waals surface area contributed by atoms with Crippen LogP contribution in [-0.2, 0) is 22.5 Å². The first-order valence-electron chi connectivity index (χ1n) is 6.13. The number of aryl methyl sites for hydroxylation is 1. The van der Waals surface area contributed by atoms with Crippen molar-refractivity contribution < 1.29 is 9.53 Å². The van der Waals surface area contributed by atoms with Crippen LogP contribution in [0, 0.1) is 0 Å². The first kappa shape index (κ1) is 12.3. The van der Waals surface area contributed by atoms with Gasteiger partial charge in [-0.05, 0) is 12.5 Å². The topological polar surface area (TPSA) is 56.2 Å². The monoisotopic (exact) mass is 237 g/mol. The van der Waals surface area contributed by atoms with E-state index in [0.717, 1.165) is 25.2 Å². The molecular weight excluding hydrogens is 218 g/mol. The number of ether oxygens (including phenoxy) is 1. The Morgan fingerprint density at radius 3 is 3.24 bits per heavy atom. The molecule has 5 nitrogen and oxygen atoms in total. The number of aromatic nitrogens is 2. The summed E-state index contributed by atoms with van der Waals surface area (Å²) in [5.41, 5.74) is 0.987. The molecule has 17 heavy (non-hydrogen) atoms. The van der Waals surface area contributed by atoms with Crippen LogP contribution in [0.25, 0.3) is 0 Å². The molecule has 1 aliphatic heterocycles. The summed E-state index contributed by atoms with van der Waals surface area (Å²) in [7, 11) is 0. The van der Waals surface area contributed by atoms with Gasteiger partial charge in [-0.2, -0.15) is 5.10 Å². The van der Waals surface area contributed by atoms with Gasteiger partial charge < -0.3 is 10.1 Å². The molecule has 0 aliphatic carbocycles. The van der Waals surface area contributed by atoms with E-state index in [0.29, 0.717) is 19.4 Å². The maximum absolute atomic E-state index is 11.8. The zero-order valence-corrected chi connectivity index (χ0v) is 10.2. The summed E-state index contributed by atoms with van der Waals surface area (Å²) >= 11 is 0. The zero-order valence-electron chi connectivity index (χ0n) is 10.2.